The highest BCUT2D eigenvalue weighted by atomic mass is 16.5. The fourth-order valence-corrected chi connectivity index (χ4v) is 4.16. The molecule has 0 spiro atoms. The summed E-state index contributed by atoms with van der Waals surface area (Å²) >= 11 is 0. The largest absolute Gasteiger partial charge is 0.463 e. The molecule has 2 heterocycles. The number of hydrogen-bond acceptors (Lipinski definition) is 5. The SMILES string of the molecule is CCOC(=O)C1=C(CN2CCN(C(=O)NC(C)C)CC2)N(C)C(=O)N[C@@H]1c1cccc(C)c1. The van der Waals surface area contributed by atoms with Crippen LogP contribution in [0.1, 0.15) is 37.9 Å². The minimum Gasteiger partial charge on any atom is -0.463 e. The Morgan fingerprint density at radius 2 is 1.91 bits per heavy atom. The van der Waals surface area contributed by atoms with Crippen molar-refractivity contribution in [3.63, 3.8) is 0 Å². The lowest BCUT2D eigenvalue weighted by Crippen LogP contribution is -2.55. The summed E-state index contributed by atoms with van der Waals surface area (Å²) in [5.74, 6) is -0.430. The Morgan fingerprint density at radius 1 is 1.21 bits per heavy atom. The van der Waals surface area contributed by atoms with Crippen LogP contribution >= 0.6 is 0 Å². The Labute approximate surface area is 195 Å². The van der Waals surface area contributed by atoms with Crippen LogP contribution in [0.5, 0.6) is 0 Å². The van der Waals surface area contributed by atoms with Gasteiger partial charge in [-0.05, 0) is 33.3 Å². The van der Waals surface area contributed by atoms with E-state index in [4.69, 9.17) is 4.74 Å². The smallest absolute Gasteiger partial charge is 0.338 e. The van der Waals surface area contributed by atoms with Gasteiger partial charge in [0, 0.05) is 51.5 Å². The first-order valence-corrected chi connectivity index (χ1v) is 11.5. The van der Waals surface area contributed by atoms with E-state index in [-0.39, 0.29) is 24.7 Å². The summed E-state index contributed by atoms with van der Waals surface area (Å²) in [5.41, 5.74) is 2.96. The molecule has 4 amide bonds. The third-order valence-corrected chi connectivity index (χ3v) is 5.89. The van der Waals surface area contributed by atoms with Gasteiger partial charge < -0.3 is 20.3 Å². The molecule has 1 fully saturated rings. The molecule has 0 radical (unpaired) electrons. The van der Waals surface area contributed by atoms with Crippen molar-refractivity contribution < 1.29 is 19.1 Å². The number of nitrogens with one attached hydrogen (secondary N) is 2. The number of hydrogen-bond donors (Lipinski definition) is 2. The molecule has 1 aromatic rings. The van der Waals surface area contributed by atoms with Gasteiger partial charge in [0.25, 0.3) is 0 Å². The molecule has 2 aliphatic rings. The number of aryl methyl sites for hydroxylation is 1. The van der Waals surface area contributed by atoms with Crippen molar-refractivity contribution in [3.05, 3.63) is 46.7 Å². The maximum atomic E-state index is 13.1. The molecule has 3 rings (SSSR count). The Balaban J connectivity index is 1.87. The lowest BCUT2D eigenvalue weighted by Gasteiger charge is -2.39. The molecule has 0 aliphatic carbocycles. The van der Waals surface area contributed by atoms with Gasteiger partial charge in [-0.15, -0.1) is 0 Å². The van der Waals surface area contributed by atoms with E-state index >= 15 is 0 Å². The van der Waals surface area contributed by atoms with E-state index in [2.05, 4.69) is 15.5 Å². The third-order valence-electron chi connectivity index (χ3n) is 5.89. The molecule has 0 saturated carbocycles. The van der Waals surface area contributed by atoms with Crippen molar-refractivity contribution in [1.82, 2.24) is 25.3 Å². The molecule has 9 heteroatoms. The fraction of sp³-hybridized carbons (Fsp3) is 0.542. The number of rotatable bonds is 6. The van der Waals surface area contributed by atoms with Gasteiger partial charge in [-0.1, -0.05) is 29.8 Å². The van der Waals surface area contributed by atoms with Gasteiger partial charge in [0.1, 0.15) is 0 Å². The summed E-state index contributed by atoms with van der Waals surface area (Å²) in [6.07, 6.45) is 0. The van der Waals surface area contributed by atoms with Crippen LogP contribution in [0.2, 0.25) is 0 Å². The Hall–Kier alpha value is -3.07. The maximum Gasteiger partial charge on any atom is 0.338 e. The number of amides is 4. The number of esters is 1. The highest BCUT2D eigenvalue weighted by Crippen LogP contribution is 2.32. The van der Waals surface area contributed by atoms with E-state index < -0.39 is 12.0 Å². The number of urea groups is 2. The summed E-state index contributed by atoms with van der Waals surface area (Å²) < 4.78 is 5.40. The van der Waals surface area contributed by atoms with Gasteiger partial charge in [0.2, 0.25) is 0 Å². The molecule has 33 heavy (non-hydrogen) atoms. The second-order valence-electron chi connectivity index (χ2n) is 8.80. The van der Waals surface area contributed by atoms with Crippen LogP contribution in [-0.2, 0) is 9.53 Å². The molecule has 2 aliphatic heterocycles. The molecular formula is C24H35N5O4. The number of carbonyl (C=O) groups is 3. The zero-order valence-electron chi connectivity index (χ0n) is 20.2. The first-order valence-electron chi connectivity index (χ1n) is 11.5. The number of ether oxygens (including phenoxy) is 1. The van der Waals surface area contributed by atoms with Crippen molar-refractivity contribution in [2.45, 2.75) is 39.8 Å². The predicted molar refractivity (Wildman–Crippen MR) is 126 cm³/mol. The summed E-state index contributed by atoms with van der Waals surface area (Å²) in [7, 11) is 1.67. The second-order valence-corrected chi connectivity index (χ2v) is 8.80. The molecule has 1 saturated heterocycles. The lowest BCUT2D eigenvalue weighted by molar-refractivity contribution is -0.139. The third kappa shape index (κ3) is 5.84. The minimum atomic E-state index is -0.583. The molecule has 180 valence electrons. The van der Waals surface area contributed by atoms with Crippen LogP contribution in [0.15, 0.2) is 35.5 Å². The molecule has 1 atom stereocenters. The van der Waals surface area contributed by atoms with E-state index in [1.165, 1.54) is 4.90 Å². The molecule has 0 bridgehead atoms. The Kier molecular flexibility index (Phi) is 7.97. The number of carbonyl (C=O) groups excluding carboxylic acids is 3. The van der Waals surface area contributed by atoms with Gasteiger partial charge in [0.15, 0.2) is 0 Å². The molecule has 0 unspecified atom stereocenters. The van der Waals surface area contributed by atoms with Crippen molar-refractivity contribution in [2.75, 3.05) is 46.4 Å². The monoisotopic (exact) mass is 457 g/mol. The van der Waals surface area contributed by atoms with Crippen molar-refractivity contribution in [1.29, 1.82) is 0 Å². The van der Waals surface area contributed by atoms with Crippen LogP contribution in [-0.4, -0.2) is 85.2 Å². The molecule has 2 N–H and O–H groups in total. The highest BCUT2D eigenvalue weighted by Gasteiger charge is 2.37. The van der Waals surface area contributed by atoms with Crippen molar-refractivity contribution in [2.24, 2.45) is 0 Å². The average molecular weight is 458 g/mol. The van der Waals surface area contributed by atoms with Gasteiger partial charge in [-0.3, -0.25) is 9.80 Å². The predicted octanol–water partition coefficient (Wildman–Crippen LogP) is 2.24. The van der Waals surface area contributed by atoms with E-state index in [1.807, 2.05) is 45.0 Å². The molecule has 1 aromatic carbocycles. The molecular weight excluding hydrogens is 422 g/mol. The van der Waals surface area contributed by atoms with Crippen LogP contribution in [0.3, 0.4) is 0 Å². The second kappa shape index (κ2) is 10.7. The van der Waals surface area contributed by atoms with Crippen molar-refractivity contribution in [3.8, 4) is 0 Å². The van der Waals surface area contributed by atoms with E-state index in [1.54, 1.807) is 18.9 Å². The zero-order valence-corrected chi connectivity index (χ0v) is 20.2. The minimum absolute atomic E-state index is 0.0650. The van der Waals surface area contributed by atoms with Gasteiger partial charge in [-0.25, -0.2) is 14.4 Å². The number of piperazine rings is 1. The summed E-state index contributed by atoms with van der Waals surface area (Å²) in [4.78, 5) is 43.7. The Bertz CT molecular complexity index is 921. The highest BCUT2D eigenvalue weighted by molar-refractivity contribution is 5.95. The Morgan fingerprint density at radius 3 is 2.52 bits per heavy atom. The zero-order chi connectivity index (χ0) is 24.1. The van der Waals surface area contributed by atoms with Gasteiger partial charge >= 0.3 is 18.0 Å². The molecule has 9 nitrogen and oxygen atoms in total. The quantitative estimate of drug-likeness (QED) is 0.639. The summed E-state index contributed by atoms with van der Waals surface area (Å²) in [5, 5.41) is 5.88. The van der Waals surface area contributed by atoms with Crippen molar-refractivity contribution >= 4 is 18.0 Å². The first kappa shape index (κ1) is 24.6. The van der Waals surface area contributed by atoms with Gasteiger partial charge in [-0.2, -0.15) is 0 Å². The maximum absolute atomic E-state index is 13.1. The first-order chi connectivity index (χ1) is 15.7. The van der Waals surface area contributed by atoms with E-state index in [0.717, 1.165) is 11.1 Å². The van der Waals surface area contributed by atoms with E-state index in [0.29, 0.717) is 44.0 Å². The van der Waals surface area contributed by atoms with Gasteiger partial charge in [0.05, 0.1) is 18.2 Å². The topological polar surface area (TPSA) is 94.2 Å². The number of benzene rings is 1. The molecule has 0 aromatic heterocycles. The summed E-state index contributed by atoms with van der Waals surface area (Å²) in [6.45, 7) is 10.7. The van der Waals surface area contributed by atoms with Crippen LogP contribution in [0.25, 0.3) is 0 Å². The van der Waals surface area contributed by atoms with Crippen LogP contribution in [0, 0.1) is 6.92 Å². The van der Waals surface area contributed by atoms with Crippen LogP contribution in [0.4, 0.5) is 9.59 Å². The number of nitrogens with zero attached hydrogens (tertiary/aromatic N) is 3. The normalized spacial score (nSPS) is 19.6. The standard InChI is InChI=1S/C24H35N5O4/c1-6-33-22(30)20-19(15-28-10-12-29(13-11-28)24(32)25-16(2)3)27(5)23(31)26-21(20)18-9-7-8-17(4)14-18/h7-9,14,16,21H,6,10-13,15H2,1-5H3,(H,25,32)(H,26,31)/t21-/m1/s1. The average Bonchev–Trinajstić information content (AvgIpc) is 2.76. The fourth-order valence-electron chi connectivity index (χ4n) is 4.16. The van der Waals surface area contributed by atoms with Crippen LogP contribution < -0.4 is 10.6 Å². The van der Waals surface area contributed by atoms with E-state index in [9.17, 15) is 14.4 Å². The summed E-state index contributed by atoms with van der Waals surface area (Å²) in [6, 6.07) is 6.94. The number of likely N-dealkylation sites (N-methyl/N-ethyl adjacent to an activating group) is 1. The lowest BCUT2D eigenvalue weighted by atomic mass is 9.93.